The summed E-state index contributed by atoms with van der Waals surface area (Å²) in [6, 6.07) is 0. The fraction of sp³-hybridized carbons (Fsp3) is 0.833. The summed E-state index contributed by atoms with van der Waals surface area (Å²) < 4.78 is 0. The van der Waals surface area contributed by atoms with E-state index in [9.17, 15) is 19.8 Å². The maximum atomic E-state index is 10.2. The van der Waals surface area contributed by atoms with E-state index in [2.05, 4.69) is 38.2 Å². The minimum absolute atomic E-state index is 0. The van der Waals surface area contributed by atoms with Gasteiger partial charge in [-0.2, -0.15) is 0 Å². The standard InChI is InChI=1S/2C18H34O2.Mn/c2*1-2-3-4-5-6-7-8-9-10-11-12-13-14-15-16-17-18(19)20;/h2*9-10H,2-8,11-17H2,1H3,(H,19,20);/q;;+2/p-2/b2*10-9+;. The Morgan fingerprint density at radius 3 is 0.854 bits per heavy atom. The topological polar surface area (TPSA) is 80.3 Å². The zero-order valence-corrected chi connectivity index (χ0v) is 28.3. The van der Waals surface area contributed by atoms with Crippen LogP contribution < -0.4 is 10.2 Å². The summed E-state index contributed by atoms with van der Waals surface area (Å²) in [5.41, 5.74) is 0. The molecule has 1 radical (unpaired) electrons. The molecule has 0 atom stereocenters. The number of carbonyl (C=O) groups is 2. The molecule has 0 rings (SSSR count). The summed E-state index contributed by atoms with van der Waals surface area (Å²) in [5, 5.41) is 20.4. The Morgan fingerprint density at radius 1 is 0.390 bits per heavy atom. The van der Waals surface area contributed by atoms with E-state index in [1.54, 1.807) is 0 Å². The van der Waals surface area contributed by atoms with Gasteiger partial charge in [0.05, 0.1) is 0 Å². The van der Waals surface area contributed by atoms with Gasteiger partial charge in [0.2, 0.25) is 0 Å². The number of allylic oxidation sites excluding steroid dienone is 4. The van der Waals surface area contributed by atoms with Gasteiger partial charge < -0.3 is 19.8 Å². The summed E-state index contributed by atoms with van der Waals surface area (Å²) in [7, 11) is 0. The number of hydrogen-bond acceptors (Lipinski definition) is 4. The van der Waals surface area contributed by atoms with Crippen molar-refractivity contribution in [3.05, 3.63) is 24.3 Å². The predicted octanol–water partition coefficient (Wildman–Crippen LogP) is 9.55. The molecule has 0 heterocycles. The molecule has 0 saturated carbocycles. The SMILES string of the molecule is CCCCCCCC/C=C/CCCCCCCC(=O)[O-].CCCCCCCC/C=C/CCCCCCCC(=O)[O-].[Mn+2]. The van der Waals surface area contributed by atoms with Crippen molar-refractivity contribution in [2.24, 2.45) is 0 Å². The van der Waals surface area contributed by atoms with Gasteiger partial charge >= 0.3 is 17.1 Å². The Bertz CT molecular complexity index is 524. The largest absolute Gasteiger partial charge is 2.00 e. The monoisotopic (exact) mass is 617 g/mol. The van der Waals surface area contributed by atoms with Crippen LogP contribution >= 0.6 is 0 Å². The minimum Gasteiger partial charge on any atom is -0.550 e. The van der Waals surface area contributed by atoms with Crippen LogP contribution in [0.25, 0.3) is 0 Å². The summed E-state index contributed by atoms with van der Waals surface area (Å²) in [5.74, 6) is -1.83. The van der Waals surface area contributed by atoms with Crippen LogP contribution in [-0.4, -0.2) is 11.9 Å². The van der Waals surface area contributed by atoms with Gasteiger partial charge in [-0.1, -0.05) is 141 Å². The van der Waals surface area contributed by atoms with Gasteiger partial charge in [-0.25, -0.2) is 0 Å². The molecule has 0 unspecified atom stereocenters. The molecule has 0 amide bonds. The molecule has 0 N–H and O–H groups in total. The van der Waals surface area contributed by atoms with Crippen LogP contribution in [0.2, 0.25) is 0 Å². The number of carbonyl (C=O) groups excluding carboxylic acids is 2. The van der Waals surface area contributed by atoms with Crippen molar-refractivity contribution in [2.75, 3.05) is 0 Å². The molecule has 0 aromatic rings. The van der Waals surface area contributed by atoms with Gasteiger partial charge in [0.25, 0.3) is 0 Å². The van der Waals surface area contributed by atoms with Crippen LogP contribution in [0.1, 0.15) is 194 Å². The third-order valence-corrected chi connectivity index (χ3v) is 7.29. The molecular weight excluding hydrogens is 551 g/mol. The minimum atomic E-state index is -0.914. The molecule has 241 valence electrons. The first-order valence-corrected chi connectivity index (χ1v) is 17.2. The van der Waals surface area contributed by atoms with E-state index in [0.717, 1.165) is 38.5 Å². The van der Waals surface area contributed by atoms with Gasteiger partial charge in [-0.3, -0.25) is 0 Å². The second-order valence-corrected chi connectivity index (χ2v) is 11.4. The maximum Gasteiger partial charge on any atom is 2.00 e. The second kappa shape index (κ2) is 41.1. The van der Waals surface area contributed by atoms with Crippen molar-refractivity contribution >= 4 is 11.9 Å². The Kier molecular flexibility index (Phi) is 44.5. The van der Waals surface area contributed by atoms with Gasteiger partial charge in [0, 0.05) is 11.9 Å². The molecule has 0 aliphatic rings. The molecule has 0 saturated heterocycles. The predicted molar refractivity (Wildman–Crippen MR) is 169 cm³/mol. The Labute approximate surface area is 266 Å². The molecule has 0 aromatic heterocycles. The van der Waals surface area contributed by atoms with E-state index in [0.29, 0.717) is 0 Å². The molecule has 0 aromatic carbocycles. The quantitative estimate of drug-likeness (QED) is 0.0457. The third-order valence-electron chi connectivity index (χ3n) is 7.29. The molecule has 41 heavy (non-hydrogen) atoms. The van der Waals surface area contributed by atoms with E-state index in [4.69, 9.17) is 0 Å². The van der Waals surface area contributed by atoms with Crippen LogP contribution in [0.5, 0.6) is 0 Å². The summed E-state index contributed by atoms with van der Waals surface area (Å²) in [6.45, 7) is 4.51. The number of hydrogen-bond donors (Lipinski definition) is 0. The molecular formula is C36H66MnO4. The Morgan fingerprint density at radius 2 is 0.610 bits per heavy atom. The van der Waals surface area contributed by atoms with E-state index < -0.39 is 11.9 Å². The van der Waals surface area contributed by atoms with E-state index in [1.807, 2.05) is 0 Å². The zero-order chi connectivity index (χ0) is 29.8. The summed E-state index contributed by atoms with van der Waals surface area (Å²) in [6.07, 6.45) is 41.8. The van der Waals surface area contributed by atoms with Crippen LogP contribution in [0.15, 0.2) is 24.3 Å². The van der Waals surface area contributed by atoms with Crippen LogP contribution in [0.3, 0.4) is 0 Å². The zero-order valence-electron chi connectivity index (χ0n) is 27.1. The van der Waals surface area contributed by atoms with Crippen LogP contribution in [-0.2, 0) is 26.7 Å². The number of rotatable bonds is 30. The first-order valence-electron chi connectivity index (χ1n) is 17.2. The normalized spacial score (nSPS) is 11.0. The first-order chi connectivity index (χ1) is 19.5. The summed E-state index contributed by atoms with van der Waals surface area (Å²) in [4.78, 5) is 20.4. The smallest absolute Gasteiger partial charge is 0.550 e. The van der Waals surface area contributed by atoms with Crippen molar-refractivity contribution in [1.82, 2.24) is 0 Å². The molecule has 0 fully saturated rings. The molecule has 0 bridgehead atoms. The third kappa shape index (κ3) is 49.0. The molecule has 5 heteroatoms. The summed E-state index contributed by atoms with van der Waals surface area (Å²) >= 11 is 0. The average Bonchev–Trinajstić information content (AvgIpc) is 2.93. The van der Waals surface area contributed by atoms with E-state index in [1.165, 1.54) is 128 Å². The number of unbranched alkanes of at least 4 members (excludes halogenated alkanes) is 22. The van der Waals surface area contributed by atoms with Crippen molar-refractivity contribution < 1.29 is 36.9 Å². The van der Waals surface area contributed by atoms with Gasteiger partial charge in [0.15, 0.2) is 0 Å². The maximum absolute atomic E-state index is 10.2. The van der Waals surface area contributed by atoms with E-state index >= 15 is 0 Å². The first kappa shape index (κ1) is 44.4. The fourth-order valence-electron chi connectivity index (χ4n) is 4.68. The Balaban J connectivity index is -0.000000688. The fourth-order valence-corrected chi connectivity index (χ4v) is 4.68. The van der Waals surface area contributed by atoms with E-state index in [-0.39, 0.29) is 29.9 Å². The van der Waals surface area contributed by atoms with Crippen molar-refractivity contribution in [3.63, 3.8) is 0 Å². The Hall–Kier alpha value is -1.06. The van der Waals surface area contributed by atoms with Gasteiger partial charge in [-0.15, -0.1) is 0 Å². The number of aliphatic carboxylic acids is 2. The van der Waals surface area contributed by atoms with Crippen LogP contribution in [0, 0.1) is 0 Å². The molecule has 0 aliphatic heterocycles. The number of carboxylic acid groups (broad SMARTS) is 2. The average molecular weight is 618 g/mol. The van der Waals surface area contributed by atoms with Crippen molar-refractivity contribution in [3.8, 4) is 0 Å². The van der Waals surface area contributed by atoms with Crippen LogP contribution in [0.4, 0.5) is 0 Å². The van der Waals surface area contributed by atoms with Crippen molar-refractivity contribution in [2.45, 2.75) is 194 Å². The van der Waals surface area contributed by atoms with Gasteiger partial charge in [-0.05, 0) is 77.0 Å². The van der Waals surface area contributed by atoms with Gasteiger partial charge in [0.1, 0.15) is 0 Å². The molecule has 4 nitrogen and oxygen atoms in total. The van der Waals surface area contributed by atoms with Crippen molar-refractivity contribution in [1.29, 1.82) is 0 Å². The second-order valence-electron chi connectivity index (χ2n) is 11.4. The number of carboxylic acids is 2. The molecule has 0 aliphatic carbocycles. The molecule has 0 spiro atoms.